The number of hydrogen-bond donors (Lipinski definition) is 1. The van der Waals surface area contributed by atoms with Crippen LogP contribution in [0.4, 0.5) is 4.39 Å². The van der Waals surface area contributed by atoms with Crippen LogP contribution in [0.25, 0.3) is 0 Å². The van der Waals surface area contributed by atoms with Crippen molar-refractivity contribution in [1.82, 2.24) is 4.98 Å². The largest absolute Gasteiger partial charge is 0.323 e. The third kappa shape index (κ3) is 2.89. The molecule has 0 amide bonds. The van der Waals surface area contributed by atoms with Gasteiger partial charge in [0.2, 0.25) is 0 Å². The lowest BCUT2D eigenvalue weighted by Crippen LogP contribution is -2.12. The van der Waals surface area contributed by atoms with Crippen LogP contribution in [-0.4, -0.2) is 4.98 Å². The van der Waals surface area contributed by atoms with Crippen molar-refractivity contribution in [2.24, 2.45) is 5.73 Å². The Bertz CT molecular complexity index is 328. The summed E-state index contributed by atoms with van der Waals surface area (Å²) in [4.78, 5) is 3.95. The van der Waals surface area contributed by atoms with Crippen molar-refractivity contribution in [2.45, 2.75) is 18.9 Å². The summed E-state index contributed by atoms with van der Waals surface area (Å²) < 4.78 is 13.3. The molecule has 1 heterocycles. The Balaban J connectivity index is 2.78. The van der Waals surface area contributed by atoms with Crippen LogP contribution in [0, 0.1) is 5.82 Å². The van der Waals surface area contributed by atoms with Crippen molar-refractivity contribution >= 4 is 15.9 Å². The van der Waals surface area contributed by atoms with E-state index in [1.165, 1.54) is 12.3 Å². The molecule has 0 saturated carbocycles. The highest BCUT2D eigenvalue weighted by Gasteiger charge is 2.11. The molecule has 0 radical (unpaired) electrons. The Labute approximate surface area is 91.2 Å². The van der Waals surface area contributed by atoms with Crippen molar-refractivity contribution in [1.29, 1.82) is 0 Å². The topological polar surface area (TPSA) is 38.9 Å². The minimum absolute atomic E-state index is 0.178. The summed E-state index contributed by atoms with van der Waals surface area (Å²) in [5.41, 5.74) is 6.56. The number of pyridine rings is 1. The molecule has 1 aromatic rings. The van der Waals surface area contributed by atoms with Crippen molar-refractivity contribution in [3.63, 3.8) is 0 Å². The molecule has 0 saturated heterocycles. The first kappa shape index (κ1) is 11.3. The Morgan fingerprint density at radius 2 is 2.43 bits per heavy atom. The van der Waals surface area contributed by atoms with E-state index in [-0.39, 0.29) is 11.9 Å². The number of nitrogens with zero attached hydrogens (tertiary/aromatic N) is 1. The van der Waals surface area contributed by atoms with Crippen LogP contribution in [-0.2, 0) is 0 Å². The van der Waals surface area contributed by atoms with E-state index in [0.29, 0.717) is 10.2 Å². The van der Waals surface area contributed by atoms with E-state index in [0.717, 1.165) is 12.8 Å². The van der Waals surface area contributed by atoms with Gasteiger partial charge >= 0.3 is 0 Å². The molecule has 4 heteroatoms. The summed E-state index contributed by atoms with van der Waals surface area (Å²) in [6.07, 6.45) is 4.57. The highest BCUT2D eigenvalue weighted by atomic mass is 79.9. The normalized spacial score (nSPS) is 12.5. The average molecular weight is 259 g/mol. The number of halogens is 2. The van der Waals surface area contributed by atoms with Crippen LogP contribution >= 0.6 is 15.9 Å². The van der Waals surface area contributed by atoms with Gasteiger partial charge in [0.1, 0.15) is 5.82 Å². The number of allylic oxidation sites excluding steroid dienone is 1. The van der Waals surface area contributed by atoms with Gasteiger partial charge in [0.15, 0.2) is 0 Å². The monoisotopic (exact) mass is 258 g/mol. The fourth-order valence-electron chi connectivity index (χ4n) is 1.13. The van der Waals surface area contributed by atoms with E-state index in [1.807, 2.05) is 0 Å². The van der Waals surface area contributed by atoms with E-state index in [4.69, 9.17) is 5.73 Å². The molecular formula is C10H12BrFN2. The first-order valence-corrected chi connectivity index (χ1v) is 5.12. The maximum absolute atomic E-state index is 12.7. The zero-order valence-electron chi connectivity index (χ0n) is 7.71. The number of hydrogen-bond acceptors (Lipinski definition) is 2. The maximum Gasteiger partial charge on any atom is 0.142 e. The van der Waals surface area contributed by atoms with E-state index in [2.05, 4.69) is 27.5 Å². The van der Waals surface area contributed by atoms with Crippen LogP contribution in [0.3, 0.4) is 0 Å². The van der Waals surface area contributed by atoms with E-state index in [9.17, 15) is 4.39 Å². The molecule has 76 valence electrons. The van der Waals surface area contributed by atoms with E-state index in [1.54, 1.807) is 6.08 Å². The molecule has 0 unspecified atom stereocenters. The number of rotatable bonds is 4. The van der Waals surface area contributed by atoms with Gasteiger partial charge in [0.25, 0.3) is 0 Å². The van der Waals surface area contributed by atoms with Gasteiger partial charge in [-0.3, -0.25) is 4.98 Å². The van der Waals surface area contributed by atoms with Crippen LogP contribution in [0.5, 0.6) is 0 Å². The molecule has 14 heavy (non-hydrogen) atoms. The predicted molar refractivity (Wildman–Crippen MR) is 58.3 cm³/mol. The first-order valence-electron chi connectivity index (χ1n) is 4.32. The molecule has 1 rings (SSSR count). The van der Waals surface area contributed by atoms with Gasteiger partial charge in [-0.05, 0) is 34.8 Å². The smallest absolute Gasteiger partial charge is 0.142 e. The van der Waals surface area contributed by atoms with Gasteiger partial charge in [0, 0.05) is 10.5 Å². The lowest BCUT2D eigenvalue weighted by Gasteiger charge is -2.11. The van der Waals surface area contributed by atoms with Gasteiger partial charge in [-0.1, -0.05) is 6.08 Å². The lowest BCUT2D eigenvalue weighted by molar-refractivity contribution is 0.600. The minimum atomic E-state index is -0.364. The Morgan fingerprint density at radius 3 is 3.00 bits per heavy atom. The molecule has 0 aliphatic heterocycles. The maximum atomic E-state index is 12.7. The first-order chi connectivity index (χ1) is 6.65. The van der Waals surface area contributed by atoms with Crippen LogP contribution in [0.1, 0.15) is 24.6 Å². The summed E-state index contributed by atoms with van der Waals surface area (Å²) in [6, 6.07) is 1.19. The van der Waals surface area contributed by atoms with Gasteiger partial charge in [0.05, 0.1) is 11.9 Å². The molecule has 0 spiro atoms. The lowest BCUT2D eigenvalue weighted by atomic mass is 10.1. The van der Waals surface area contributed by atoms with Gasteiger partial charge in [-0.25, -0.2) is 4.39 Å². The second-order valence-corrected chi connectivity index (χ2v) is 3.85. The summed E-state index contributed by atoms with van der Waals surface area (Å²) in [6.45, 7) is 3.62. The second-order valence-electron chi connectivity index (χ2n) is 2.99. The van der Waals surface area contributed by atoms with Crippen LogP contribution in [0.2, 0.25) is 0 Å². The standard InChI is InChI=1S/C10H12BrFN2/c1-2-3-4-9(13)10-8(11)5-7(12)6-14-10/h2,5-6,9H,1,3-4,13H2/t9-/m1/s1. The zero-order valence-corrected chi connectivity index (χ0v) is 9.30. The summed E-state index contributed by atoms with van der Waals surface area (Å²) >= 11 is 3.23. The number of aromatic nitrogens is 1. The van der Waals surface area contributed by atoms with Crippen LogP contribution in [0.15, 0.2) is 29.4 Å². The summed E-state index contributed by atoms with van der Waals surface area (Å²) in [5.74, 6) is -0.364. The van der Waals surface area contributed by atoms with Crippen molar-refractivity contribution in [2.75, 3.05) is 0 Å². The van der Waals surface area contributed by atoms with Gasteiger partial charge in [-0.15, -0.1) is 6.58 Å². The fourth-order valence-corrected chi connectivity index (χ4v) is 1.75. The second kappa shape index (κ2) is 5.22. The predicted octanol–water partition coefficient (Wildman–Crippen LogP) is 2.95. The molecular weight excluding hydrogens is 247 g/mol. The van der Waals surface area contributed by atoms with E-state index < -0.39 is 0 Å². The van der Waals surface area contributed by atoms with Crippen molar-refractivity contribution < 1.29 is 4.39 Å². The van der Waals surface area contributed by atoms with Crippen molar-refractivity contribution in [3.05, 3.63) is 40.9 Å². The Kier molecular flexibility index (Phi) is 4.22. The fraction of sp³-hybridized carbons (Fsp3) is 0.300. The number of nitrogens with two attached hydrogens (primary N) is 1. The summed E-state index contributed by atoms with van der Waals surface area (Å²) in [5, 5.41) is 0. The molecule has 1 atom stereocenters. The highest BCUT2D eigenvalue weighted by Crippen LogP contribution is 2.23. The molecule has 2 nitrogen and oxygen atoms in total. The molecule has 2 N–H and O–H groups in total. The molecule has 1 aromatic heterocycles. The van der Waals surface area contributed by atoms with E-state index >= 15 is 0 Å². The average Bonchev–Trinajstić information content (AvgIpc) is 2.14. The SMILES string of the molecule is C=CCC[C@@H](N)c1ncc(F)cc1Br. The quantitative estimate of drug-likeness (QED) is 0.844. The third-order valence-electron chi connectivity index (χ3n) is 1.87. The molecule has 0 aromatic carbocycles. The zero-order chi connectivity index (χ0) is 10.6. The molecule has 0 fully saturated rings. The van der Waals surface area contributed by atoms with Crippen LogP contribution < -0.4 is 5.73 Å². The van der Waals surface area contributed by atoms with Gasteiger partial charge < -0.3 is 5.73 Å². The van der Waals surface area contributed by atoms with Gasteiger partial charge in [-0.2, -0.15) is 0 Å². The minimum Gasteiger partial charge on any atom is -0.323 e. The Morgan fingerprint density at radius 1 is 1.71 bits per heavy atom. The van der Waals surface area contributed by atoms with Crippen molar-refractivity contribution in [3.8, 4) is 0 Å². The molecule has 0 bridgehead atoms. The molecule has 0 aliphatic rings. The Hall–Kier alpha value is -0.740. The summed E-state index contributed by atoms with van der Waals surface area (Å²) in [7, 11) is 0. The third-order valence-corrected chi connectivity index (χ3v) is 2.50. The highest BCUT2D eigenvalue weighted by molar-refractivity contribution is 9.10. The molecule has 0 aliphatic carbocycles.